The average Bonchev–Trinajstić information content (AvgIpc) is 1.68. The van der Waals surface area contributed by atoms with Gasteiger partial charge in [0.1, 0.15) is 0 Å². The summed E-state index contributed by atoms with van der Waals surface area (Å²) in [4.78, 5) is 0. The molecular formula is C6H16FP. The molecule has 0 radical (unpaired) electrons. The normalized spacial score (nSPS) is 17.4. The van der Waals surface area contributed by atoms with Gasteiger partial charge in [-0.25, -0.2) is 0 Å². The van der Waals surface area contributed by atoms with Gasteiger partial charge in [-0.1, -0.05) is 0 Å². The molecule has 0 spiro atoms. The Labute approximate surface area is 51.5 Å². The molecule has 0 saturated heterocycles. The van der Waals surface area contributed by atoms with Crippen molar-refractivity contribution in [1.82, 2.24) is 0 Å². The molecule has 0 bridgehead atoms. The van der Waals surface area contributed by atoms with Gasteiger partial charge in [-0.15, -0.1) is 0 Å². The maximum absolute atomic E-state index is 13.4. The Balaban J connectivity index is 3.99. The summed E-state index contributed by atoms with van der Waals surface area (Å²) in [7, 11) is 0. The van der Waals surface area contributed by atoms with Gasteiger partial charge in [0.25, 0.3) is 0 Å². The second-order valence-electron chi connectivity index (χ2n) is 3.15. The molecule has 0 N–H and O–H groups in total. The van der Waals surface area contributed by atoms with Gasteiger partial charge in [0.2, 0.25) is 0 Å². The van der Waals surface area contributed by atoms with Gasteiger partial charge in [-0.3, -0.25) is 0 Å². The van der Waals surface area contributed by atoms with Crippen LogP contribution in [0.1, 0.15) is 13.8 Å². The van der Waals surface area contributed by atoms with Gasteiger partial charge < -0.3 is 0 Å². The van der Waals surface area contributed by atoms with Crippen molar-refractivity contribution in [3.63, 3.8) is 0 Å². The van der Waals surface area contributed by atoms with E-state index in [1.54, 1.807) is 13.3 Å². The van der Waals surface area contributed by atoms with E-state index in [0.717, 1.165) is 12.3 Å². The molecule has 0 amide bonds. The van der Waals surface area contributed by atoms with Crippen LogP contribution in [0.4, 0.5) is 4.20 Å². The SMILES string of the molecule is CCP(C)(C)(F)CC. The summed E-state index contributed by atoms with van der Waals surface area (Å²) in [5.74, 6) is 0. The summed E-state index contributed by atoms with van der Waals surface area (Å²) < 4.78 is 13.4. The van der Waals surface area contributed by atoms with E-state index >= 15 is 0 Å². The minimum absolute atomic E-state index is 0.724. The Morgan fingerprint density at radius 2 is 1.38 bits per heavy atom. The van der Waals surface area contributed by atoms with E-state index in [1.165, 1.54) is 0 Å². The van der Waals surface area contributed by atoms with Crippen LogP contribution in [-0.2, 0) is 0 Å². The van der Waals surface area contributed by atoms with Crippen molar-refractivity contribution >= 4 is 6.91 Å². The van der Waals surface area contributed by atoms with Gasteiger partial charge in [0.05, 0.1) is 0 Å². The van der Waals surface area contributed by atoms with Gasteiger partial charge in [-0.2, -0.15) is 0 Å². The number of rotatable bonds is 2. The molecule has 0 aromatic carbocycles. The van der Waals surface area contributed by atoms with Crippen molar-refractivity contribution in [2.45, 2.75) is 13.8 Å². The summed E-state index contributed by atoms with van der Waals surface area (Å²) >= 11 is 0. The zero-order valence-corrected chi connectivity index (χ0v) is 7.13. The first-order valence-corrected chi connectivity index (χ1v) is 6.50. The zero-order valence-electron chi connectivity index (χ0n) is 6.24. The Hall–Kier alpha value is 0.360. The fourth-order valence-corrected chi connectivity index (χ4v) is 0.671. The predicted octanol–water partition coefficient (Wildman–Crippen LogP) is 2.72. The van der Waals surface area contributed by atoms with Crippen LogP contribution in [0.15, 0.2) is 0 Å². The summed E-state index contributed by atoms with van der Waals surface area (Å²) in [6, 6.07) is 0. The van der Waals surface area contributed by atoms with E-state index < -0.39 is 6.91 Å². The van der Waals surface area contributed by atoms with Gasteiger partial charge >= 0.3 is 50.6 Å². The van der Waals surface area contributed by atoms with Crippen LogP contribution in [0.3, 0.4) is 0 Å². The Bertz CT molecular complexity index is 72.3. The van der Waals surface area contributed by atoms with E-state index in [1.807, 2.05) is 13.8 Å². The average molecular weight is 138 g/mol. The molecule has 0 aromatic rings. The predicted molar refractivity (Wildman–Crippen MR) is 41.0 cm³/mol. The molecule has 0 rings (SSSR count). The summed E-state index contributed by atoms with van der Waals surface area (Å²) in [5, 5.41) is 0. The van der Waals surface area contributed by atoms with Crippen LogP contribution in [0.2, 0.25) is 0 Å². The van der Waals surface area contributed by atoms with E-state index in [2.05, 4.69) is 0 Å². The van der Waals surface area contributed by atoms with Crippen molar-refractivity contribution in [3.8, 4) is 0 Å². The topological polar surface area (TPSA) is 0 Å². The van der Waals surface area contributed by atoms with Crippen molar-refractivity contribution < 1.29 is 4.20 Å². The third kappa shape index (κ3) is 2.61. The molecule has 0 heterocycles. The van der Waals surface area contributed by atoms with Crippen LogP contribution >= 0.6 is 6.91 Å². The minimum atomic E-state index is -2.60. The fourth-order valence-electron chi connectivity index (χ4n) is 0.224. The first-order valence-electron chi connectivity index (χ1n) is 3.11. The van der Waals surface area contributed by atoms with E-state index in [4.69, 9.17) is 0 Å². The van der Waals surface area contributed by atoms with Crippen LogP contribution in [0.5, 0.6) is 0 Å². The number of halogens is 1. The molecule has 0 aromatic heterocycles. The molecule has 0 aliphatic heterocycles. The molecule has 0 atom stereocenters. The molecular weight excluding hydrogens is 122 g/mol. The molecule has 8 heavy (non-hydrogen) atoms. The first kappa shape index (κ1) is 8.36. The Morgan fingerprint density at radius 1 is 1.12 bits per heavy atom. The number of hydrogen-bond acceptors (Lipinski definition) is 0. The molecule has 2 heteroatoms. The summed E-state index contributed by atoms with van der Waals surface area (Å²) in [5.41, 5.74) is 0. The molecule has 0 fully saturated rings. The van der Waals surface area contributed by atoms with Crippen molar-refractivity contribution in [2.75, 3.05) is 25.7 Å². The molecule has 0 nitrogen and oxygen atoms in total. The van der Waals surface area contributed by atoms with Gasteiger partial charge in [-0.05, 0) is 0 Å². The second kappa shape index (κ2) is 1.95. The standard InChI is InChI=1S/C6H16FP/c1-5-8(3,4,7)6-2/h5-6H2,1-4H3. The third-order valence-corrected chi connectivity index (χ3v) is 5.85. The van der Waals surface area contributed by atoms with Crippen LogP contribution in [-0.4, -0.2) is 25.7 Å². The van der Waals surface area contributed by atoms with Crippen molar-refractivity contribution in [1.29, 1.82) is 0 Å². The Kier molecular flexibility index (Phi) is 2.04. The molecule has 0 unspecified atom stereocenters. The summed E-state index contributed by atoms with van der Waals surface area (Å²) in [6.07, 6.45) is 1.45. The quantitative estimate of drug-likeness (QED) is 0.514. The monoisotopic (exact) mass is 138 g/mol. The van der Waals surface area contributed by atoms with E-state index in [0.29, 0.717) is 0 Å². The molecule has 0 aliphatic carbocycles. The fraction of sp³-hybridized carbons (Fsp3) is 1.00. The van der Waals surface area contributed by atoms with Crippen LogP contribution < -0.4 is 0 Å². The van der Waals surface area contributed by atoms with Crippen molar-refractivity contribution in [3.05, 3.63) is 0 Å². The first-order chi connectivity index (χ1) is 3.39. The van der Waals surface area contributed by atoms with Gasteiger partial charge in [0, 0.05) is 0 Å². The van der Waals surface area contributed by atoms with E-state index in [-0.39, 0.29) is 0 Å². The van der Waals surface area contributed by atoms with Crippen molar-refractivity contribution in [2.24, 2.45) is 0 Å². The van der Waals surface area contributed by atoms with Crippen LogP contribution in [0.25, 0.3) is 0 Å². The second-order valence-corrected chi connectivity index (χ2v) is 9.44. The molecule has 0 aliphatic rings. The van der Waals surface area contributed by atoms with Gasteiger partial charge in [0.15, 0.2) is 0 Å². The third-order valence-electron chi connectivity index (χ3n) is 1.95. The zero-order chi connectivity index (χ0) is 6.86. The maximum atomic E-state index is 13.4. The number of hydrogen-bond donors (Lipinski definition) is 0. The summed E-state index contributed by atoms with van der Waals surface area (Å²) in [6.45, 7) is 4.83. The molecule has 52 valence electrons. The Morgan fingerprint density at radius 3 is 1.38 bits per heavy atom. The van der Waals surface area contributed by atoms with Crippen LogP contribution in [0, 0.1) is 0 Å². The van der Waals surface area contributed by atoms with E-state index in [9.17, 15) is 4.20 Å². The molecule has 0 saturated carbocycles.